The number of amides is 11. The van der Waals surface area contributed by atoms with Crippen LogP contribution in [0.4, 0.5) is 0 Å². The van der Waals surface area contributed by atoms with Crippen molar-refractivity contribution in [2.24, 2.45) is 61.0 Å². The molecule has 2 heterocycles. The number of guanidine groups is 3. The van der Waals surface area contributed by atoms with Gasteiger partial charge >= 0.3 is 5.97 Å². The molecule has 2 aromatic carbocycles. The molecule has 0 bridgehead atoms. The van der Waals surface area contributed by atoms with E-state index in [2.05, 4.69) is 57.5 Å². The van der Waals surface area contributed by atoms with Gasteiger partial charge in [-0.3, -0.25) is 72.6 Å². The number of carbonyl (C=O) groups is 12. The summed E-state index contributed by atoms with van der Waals surface area (Å²) in [6.07, 6.45) is 1.54. The third-order valence-corrected chi connectivity index (χ3v) is 17.5. The topological polar surface area (TPSA) is 587 Å². The van der Waals surface area contributed by atoms with Gasteiger partial charge in [-0.25, -0.2) is 4.79 Å². The summed E-state index contributed by atoms with van der Waals surface area (Å²) in [6.45, 7) is 3.70. The molecular formula is C65H102N20O15S. The number of nitrogens with zero attached hydrogens (tertiary/aromatic N) is 5. The molecule has 2 fully saturated rings. The van der Waals surface area contributed by atoms with E-state index >= 15 is 0 Å². The number of carbonyl (C=O) groups excluding carboxylic acids is 11. The summed E-state index contributed by atoms with van der Waals surface area (Å²) in [4.78, 5) is 181. The first-order chi connectivity index (χ1) is 48.0. The predicted octanol–water partition coefficient (Wildman–Crippen LogP) is -5.00. The molecule has 558 valence electrons. The zero-order valence-electron chi connectivity index (χ0n) is 57.4. The smallest absolute Gasteiger partial charge is 0.326 e. The maximum Gasteiger partial charge on any atom is 0.326 e. The molecule has 25 N–H and O–H groups in total. The van der Waals surface area contributed by atoms with E-state index in [0.29, 0.717) is 24.0 Å². The number of nitrogens with one attached hydrogen (secondary N) is 8. The number of β-amino-alcohol motifs (C(OH)–C–C–N with tert-alkyl or cyclic N) is 1. The largest absolute Gasteiger partial charge is 0.480 e. The molecule has 0 saturated carbocycles. The lowest BCUT2D eigenvalue weighted by atomic mass is 10.00. The van der Waals surface area contributed by atoms with Crippen molar-refractivity contribution >= 4 is 101 Å². The van der Waals surface area contributed by atoms with Crippen LogP contribution in [-0.4, -0.2) is 231 Å². The van der Waals surface area contributed by atoms with Crippen LogP contribution in [0.1, 0.15) is 115 Å². The number of carboxylic acid groups (broad SMARTS) is 1. The molecule has 2 aliphatic heterocycles. The summed E-state index contributed by atoms with van der Waals surface area (Å²) in [5, 5.41) is 51.1. The molecule has 101 heavy (non-hydrogen) atoms. The minimum atomic E-state index is -1.77. The zero-order chi connectivity index (χ0) is 74.7. The normalized spacial score (nSPS) is 17.3. The highest BCUT2D eigenvalue weighted by Gasteiger charge is 2.45. The number of unbranched alkanes of at least 4 members (excludes halogenated alkanes) is 3. The average Bonchev–Trinajstić information content (AvgIpc) is 1.70. The third-order valence-electron chi connectivity index (χ3n) is 16.3. The van der Waals surface area contributed by atoms with Crippen molar-refractivity contribution in [1.82, 2.24) is 52.3 Å². The van der Waals surface area contributed by atoms with Crippen molar-refractivity contribution in [2.75, 3.05) is 51.6 Å². The van der Waals surface area contributed by atoms with Gasteiger partial charge in [0.25, 0.3) is 0 Å². The molecular weight excluding hydrogens is 1330 g/mol. The van der Waals surface area contributed by atoms with Gasteiger partial charge in [-0.15, -0.1) is 11.8 Å². The van der Waals surface area contributed by atoms with Crippen LogP contribution in [-0.2, 0) is 70.4 Å². The number of nitrogens with two attached hydrogens (primary N) is 7. The number of rotatable bonds is 45. The van der Waals surface area contributed by atoms with Gasteiger partial charge in [0.15, 0.2) is 17.9 Å². The van der Waals surface area contributed by atoms with Crippen LogP contribution in [0.25, 0.3) is 0 Å². The van der Waals surface area contributed by atoms with Crippen LogP contribution in [0.15, 0.2) is 75.6 Å². The van der Waals surface area contributed by atoms with Crippen LogP contribution >= 0.6 is 11.8 Å². The Morgan fingerprint density at radius 1 is 0.594 bits per heavy atom. The molecule has 2 aliphatic rings. The number of hydrogen-bond acceptors (Lipinski definition) is 19. The lowest BCUT2D eigenvalue weighted by Gasteiger charge is -2.30. The molecule has 2 saturated heterocycles. The molecule has 36 heteroatoms. The van der Waals surface area contributed by atoms with E-state index in [-0.39, 0.29) is 120 Å². The van der Waals surface area contributed by atoms with Gasteiger partial charge in [-0.2, -0.15) is 0 Å². The lowest BCUT2D eigenvalue weighted by molar-refractivity contribution is -0.142. The Morgan fingerprint density at radius 2 is 1.07 bits per heavy atom. The Hall–Kier alpha value is -9.68. The van der Waals surface area contributed by atoms with Crippen molar-refractivity contribution in [3.05, 3.63) is 71.8 Å². The standard InChI is InChI=1S/C65H102N20O15S/c1-4-5-6-13-27-84-52(89)32-50(61(84)98)101-36-48(83-54(91)42(22-15-25-74-64(69)70)78-53(90)41(66)21-14-24-73-63(67)68)60(97)85-34-40(87)31-49(85)59(96)76-33-51(88)77-45(29-38-17-9-7-10-18-38)56(93)82-47(35-86)58(95)81-46(30-39-19-11-8-12-20-39)57(94)80-44(28-37(2)3)55(92)79-43(62(99)100)23-16-26-75-65(71)72/h7-12,17-20,37,40-50,86-87H,4-6,13-16,21-36,66H2,1-3H3,(H,76,96)(H,77,88)(H,78,90)(H,79,92)(H,80,94)(H,81,95)(H,82,93)(H,83,91)(H,99,100)(H4,67,68,73)(H4,69,70,74)(H4,71,72,75)/t40-,41-,42+,43+,44+,45+,46-,47+,48+,49+,50?/m1/s1. The summed E-state index contributed by atoms with van der Waals surface area (Å²) in [5.74, 6) is -11.7. The van der Waals surface area contributed by atoms with Gasteiger partial charge in [0.2, 0.25) is 65.0 Å². The van der Waals surface area contributed by atoms with E-state index in [0.717, 1.165) is 40.8 Å². The number of hydrogen-bond donors (Lipinski definition) is 18. The molecule has 11 atom stereocenters. The Bertz CT molecular complexity index is 3190. The van der Waals surface area contributed by atoms with Crippen LogP contribution < -0.4 is 82.7 Å². The number of aliphatic imine (C=N–C) groups is 3. The van der Waals surface area contributed by atoms with Crippen molar-refractivity contribution in [3.63, 3.8) is 0 Å². The summed E-state index contributed by atoms with van der Waals surface area (Å²) >= 11 is 0.911. The van der Waals surface area contributed by atoms with E-state index in [4.69, 9.17) is 40.1 Å². The van der Waals surface area contributed by atoms with Crippen molar-refractivity contribution < 1.29 is 72.9 Å². The van der Waals surface area contributed by atoms with E-state index in [1.54, 1.807) is 74.5 Å². The van der Waals surface area contributed by atoms with Gasteiger partial charge in [0, 0.05) is 64.2 Å². The van der Waals surface area contributed by atoms with Crippen molar-refractivity contribution in [1.29, 1.82) is 0 Å². The quantitative estimate of drug-likeness (QED) is 0.0128. The Labute approximate surface area is 590 Å². The molecule has 0 aliphatic carbocycles. The maximum absolute atomic E-state index is 14.9. The van der Waals surface area contributed by atoms with E-state index in [1.807, 2.05) is 6.92 Å². The number of carboxylic acids is 1. The second-order valence-corrected chi connectivity index (χ2v) is 26.3. The summed E-state index contributed by atoms with van der Waals surface area (Å²) < 4.78 is 0. The fourth-order valence-electron chi connectivity index (χ4n) is 11.0. The van der Waals surface area contributed by atoms with Crippen LogP contribution in [0, 0.1) is 5.92 Å². The summed E-state index contributed by atoms with van der Waals surface area (Å²) in [6, 6.07) is 3.69. The van der Waals surface area contributed by atoms with E-state index in [1.165, 1.54) is 0 Å². The number of likely N-dealkylation sites (tertiary alicyclic amines) is 2. The zero-order valence-corrected chi connectivity index (χ0v) is 58.2. The predicted molar refractivity (Wildman–Crippen MR) is 377 cm³/mol. The third kappa shape index (κ3) is 30.0. The highest BCUT2D eigenvalue weighted by atomic mass is 32.2. The highest BCUT2D eigenvalue weighted by molar-refractivity contribution is 8.00. The minimum Gasteiger partial charge on any atom is -0.480 e. The molecule has 0 radical (unpaired) electrons. The van der Waals surface area contributed by atoms with Crippen LogP contribution in [0.2, 0.25) is 0 Å². The van der Waals surface area contributed by atoms with Crippen LogP contribution in [0.3, 0.4) is 0 Å². The van der Waals surface area contributed by atoms with Gasteiger partial charge in [-0.05, 0) is 68.4 Å². The second kappa shape index (κ2) is 43.8. The summed E-state index contributed by atoms with van der Waals surface area (Å²) in [5.41, 5.74) is 39.9. The van der Waals surface area contributed by atoms with Crippen LogP contribution in [0.5, 0.6) is 0 Å². The highest BCUT2D eigenvalue weighted by Crippen LogP contribution is 2.28. The average molecular weight is 1440 g/mol. The molecule has 1 unspecified atom stereocenters. The van der Waals surface area contributed by atoms with Crippen molar-refractivity contribution in [2.45, 2.75) is 183 Å². The van der Waals surface area contributed by atoms with Gasteiger partial charge < -0.3 is 103 Å². The molecule has 0 aromatic heterocycles. The fourth-order valence-corrected chi connectivity index (χ4v) is 12.2. The van der Waals surface area contributed by atoms with Gasteiger partial charge in [0.1, 0.15) is 48.3 Å². The Balaban J connectivity index is 1.57. The Kier molecular flexibility index (Phi) is 36.3. The van der Waals surface area contributed by atoms with E-state index in [9.17, 15) is 72.9 Å². The SMILES string of the molecule is CCCCCCN1C(=O)CC(SC[C@H](NC(=O)[C@H](CCCN=C(N)N)NC(=O)[C@H](N)CCCN=C(N)N)C(=O)N2C[C@H](O)C[C@H]2C(=O)NCC(=O)N[C@@H](Cc2ccccc2)C(=O)N[C@@H](CO)C(=O)N[C@H](Cc2ccccc2)C(=O)N[C@@H](CC(C)C)C(=O)N[C@@H](CCCN=C(N)N)C(=O)O)C1=O. The first-order valence-electron chi connectivity index (χ1n) is 33.7. The number of aliphatic hydroxyl groups excluding tert-OH is 2. The first-order valence-corrected chi connectivity index (χ1v) is 34.7. The van der Waals surface area contributed by atoms with Gasteiger partial charge in [-0.1, -0.05) is 101 Å². The fraction of sp³-hybridized carbons (Fsp3) is 0.585. The number of aliphatic hydroxyl groups is 2. The second-order valence-electron chi connectivity index (χ2n) is 25.1. The minimum absolute atomic E-state index is 0.0289. The number of thioether (sulfide) groups is 1. The van der Waals surface area contributed by atoms with E-state index < -0.39 is 156 Å². The van der Waals surface area contributed by atoms with Gasteiger partial charge in [0.05, 0.1) is 30.5 Å². The molecule has 35 nitrogen and oxygen atoms in total. The molecule has 0 spiro atoms. The molecule has 11 amide bonds. The number of aliphatic carboxylic acids is 1. The van der Waals surface area contributed by atoms with Crippen molar-refractivity contribution in [3.8, 4) is 0 Å². The number of imide groups is 1. The first kappa shape index (κ1) is 83.7. The molecule has 4 rings (SSSR count). The Morgan fingerprint density at radius 3 is 1.60 bits per heavy atom. The lowest BCUT2D eigenvalue weighted by Crippen LogP contribution is -2.60. The maximum atomic E-state index is 14.9. The monoisotopic (exact) mass is 1430 g/mol. The number of benzene rings is 2. The molecule has 2 aromatic rings. The summed E-state index contributed by atoms with van der Waals surface area (Å²) in [7, 11) is 0.